The molecule has 12 heteroatoms. The minimum atomic E-state index is -0.774. The maximum absolute atomic E-state index is 13.2. The standard InChI is InChI=1S/C20H20BrN5O6/c1-11(2)8-9-24-16-17(22-19(24)21)23(3)20(29)25(18(16)28)10-13(27)12-6-5-7-14(32-4)15(12)26(30)31/h5-8H,9-10H2,1-4H3. The number of aryl methyl sites for hydroxylation is 1. The number of allylic oxidation sites excluding steroid dienone is 2. The van der Waals surface area contributed by atoms with E-state index in [1.54, 1.807) is 4.57 Å². The van der Waals surface area contributed by atoms with Crippen LogP contribution in [0.5, 0.6) is 5.75 Å². The smallest absolute Gasteiger partial charge is 0.332 e. The van der Waals surface area contributed by atoms with Crippen LogP contribution in [0.1, 0.15) is 24.2 Å². The summed E-state index contributed by atoms with van der Waals surface area (Å²) in [5.74, 6) is -0.871. The molecule has 32 heavy (non-hydrogen) atoms. The van der Waals surface area contributed by atoms with Crippen molar-refractivity contribution in [2.24, 2.45) is 7.05 Å². The Bertz CT molecular complexity index is 1390. The molecule has 168 valence electrons. The van der Waals surface area contributed by atoms with Gasteiger partial charge < -0.3 is 9.30 Å². The number of ketones is 1. The topological polar surface area (TPSA) is 131 Å². The number of nitro groups is 1. The van der Waals surface area contributed by atoms with Crippen LogP contribution in [-0.2, 0) is 20.1 Å². The minimum absolute atomic E-state index is 0.0970. The van der Waals surface area contributed by atoms with Crippen molar-refractivity contribution in [3.63, 3.8) is 0 Å². The third-order valence-electron chi connectivity index (χ3n) is 4.87. The van der Waals surface area contributed by atoms with Crippen molar-refractivity contribution in [3.05, 3.63) is 71.1 Å². The Hall–Kier alpha value is -3.54. The van der Waals surface area contributed by atoms with Gasteiger partial charge in [-0.2, -0.15) is 0 Å². The van der Waals surface area contributed by atoms with E-state index in [1.165, 1.54) is 32.4 Å². The minimum Gasteiger partial charge on any atom is -0.490 e. The van der Waals surface area contributed by atoms with E-state index in [-0.39, 0.29) is 22.5 Å². The Morgan fingerprint density at radius 2 is 1.97 bits per heavy atom. The van der Waals surface area contributed by atoms with E-state index in [4.69, 9.17) is 4.74 Å². The first-order valence-electron chi connectivity index (χ1n) is 9.42. The number of ether oxygens (including phenoxy) is 1. The molecule has 0 saturated carbocycles. The number of fused-ring (bicyclic) bond motifs is 1. The Balaban J connectivity index is 2.19. The quantitative estimate of drug-likeness (QED) is 0.158. The van der Waals surface area contributed by atoms with Crippen LogP contribution in [0.4, 0.5) is 5.69 Å². The van der Waals surface area contributed by atoms with E-state index >= 15 is 0 Å². The molecular weight excluding hydrogens is 486 g/mol. The van der Waals surface area contributed by atoms with Crippen molar-refractivity contribution >= 4 is 38.6 Å². The number of carbonyl (C=O) groups excluding carboxylic acids is 1. The second-order valence-corrected chi connectivity index (χ2v) is 7.92. The van der Waals surface area contributed by atoms with Gasteiger partial charge in [-0.3, -0.25) is 28.8 Å². The lowest BCUT2D eigenvalue weighted by molar-refractivity contribution is -0.386. The Morgan fingerprint density at radius 3 is 2.56 bits per heavy atom. The normalized spacial score (nSPS) is 10.9. The van der Waals surface area contributed by atoms with E-state index in [1.807, 2.05) is 19.9 Å². The second-order valence-electron chi connectivity index (χ2n) is 7.21. The highest BCUT2D eigenvalue weighted by Gasteiger charge is 2.27. The van der Waals surface area contributed by atoms with E-state index < -0.39 is 34.2 Å². The SMILES string of the molecule is COc1cccc(C(=O)Cn2c(=O)c3c(nc(Br)n3CC=C(C)C)n(C)c2=O)c1[N+](=O)[O-]. The molecule has 0 saturated heterocycles. The van der Waals surface area contributed by atoms with Crippen molar-refractivity contribution in [2.45, 2.75) is 26.9 Å². The fraction of sp³-hybridized carbons (Fsp3) is 0.300. The van der Waals surface area contributed by atoms with Crippen molar-refractivity contribution < 1.29 is 14.5 Å². The molecule has 0 spiro atoms. The molecule has 0 aliphatic carbocycles. The summed E-state index contributed by atoms with van der Waals surface area (Å²) < 4.78 is 8.83. The summed E-state index contributed by atoms with van der Waals surface area (Å²) in [6.45, 7) is 3.45. The number of hydrogen-bond donors (Lipinski definition) is 0. The van der Waals surface area contributed by atoms with Crippen LogP contribution >= 0.6 is 15.9 Å². The number of nitrogens with zero attached hydrogens (tertiary/aromatic N) is 5. The third-order valence-corrected chi connectivity index (χ3v) is 5.48. The highest BCUT2D eigenvalue weighted by Crippen LogP contribution is 2.31. The van der Waals surface area contributed by atoms with Crippen LogP contribution in [0, 0.1) is 10.1 Å². The summed E-state index contributed by atoms with van der Waals surface area (Å²) in [4.78, 5) is 54.1. The Labute approximate surface area is 189 Å². The lowest BCUT2D eigenvalue weighted by Gasteiger charge is -2.10. The molecule has 0 aliphatic heterocycles. The average Bonchev–Trinajstić information content (AvgIpc) is 3.09. The number of hydrogen-bond acceptors (Lipinski definition) is 7. The van der Waals surface area contributed by atoms with Gasteiger partial charge in [0, 0.05) is 13.6 Å². The summed E-state index contributed by atoms with van der Waals surface area (Å²) in [5, 5.41) is 11.5. The number of carbonyl (C=O) groups is 1. The van der Waals surface area contributed by atoms with Crippen LogP contribution in [-0.4, -0.2) is 36.5 Å². The van der Waals surface area contributed by atoms with Gasteiger partial charge in [-0.1, -0.05) is 17.7 Å². The van der Waals surface area contributed by atoms with Gasteiger partial charge in [-0.05, 0) is 41.9 Å². The molecule has 1 aromatic carbocycles. The molecule has 0 amide bonds. The monoisotopic (exact) mass is 505 g/mol. The zero-order chi connectivity index (χ0) is 23.7. The number of rotatable bonds is 7. The van der Waals surface area contributed by atoms with E-state index in [2.05, 4.69) is 20.9 Å². The summed E-state index contributed by atoms with van der Waals surface area (Å²) >= 11 is 3.31. The summed E-state index contributed by atoms with van der Waals surface area (Å²) in [6, 6.07) is 4.03. The van der Waals surface area contributed by atoms with Gasteiger partial charge >= 0.3 is 11.4 Å². The van der Waals surface area contributed by atoms with Crippen molar-refractivity contribution in [3.8, 4) is 5.75 Å². The van der Waals surface area contributed by atoms with Gasteiger partial charge in [-0.25, -0.2) is 9.78 Å². The highest BCUT2D eigenvalue weighted by molar-refractivity contribution is 9.10. The van der Waals surface area contributed by atoms with Gasteiger partial charge in [0.25, 0.3) is 5.56 Å². The van der Waals surface area contributed by atoms with Crippen LogP contribution in [0.25, 0.3) is 11.2 Å². The molecule has 0 aliphatic rings. The van der Waals surface area contributed by atoms with Gasteiger partial charge in [0.1, 0.15) is 5.56 Å². The Kier molecular flexibility index (Phi) is 6.44. The molecule has 3 aromatic rings. The molecule has 0 unspecified atom stereocenters. The molecule has 0 radical (unpaired) electrons. The van der Waals surface area contributed by atoms with Crippen molar-refractivity contribution in [2.75, 3.05) is 7.11 Å². The molecule has 0 fully saturated rings. The molecule has 2 aromatic heterocycles. The summed E-state index contributed by atoms with van der Waals surface area (Å²) in [6.07, 6.45) is 1.88. The number of Topliss-reactive ketones (excluding diaryl/α,β-unsaturated/α-hetero) is 1. The first-order valence-corrected chi connectivity index (χ1v) is 10.2. The zero-order valence-electron chi connectivity index (χ0n) is 17.8. The first kappa shape index (κ1) is 23.1. The van der Waals surface area contributed by atoms with Crippen LogP contribution in [0.3, 0.4) is 0 Å². The van der Waals surface area contributed by atoms with E-state index in [0.29, 0.717) is 11.3 Å². The number of para-hydroxylation sites is 1. The fourth-order valence-corrected chi connectivity index (χ4v) is 3.74. The summed E-state index contributed by atoms with van der Waals surface area (Å²) in [5.41, 5.74) is -0.966. The number of halogens is 1. The predicted molar refractivity (Wildman–Crippen MR) is 120 cm³/mol. The zero-order valence-corrected chi connectivity index (χ0v) is 19.4. The van der Waals surface area contributed by atoms with Gasteiger partial charge in [0.05, 0.1) is 18.6 Å². The second kappa shape index (κ2) is 8.91. The van der Waals surface area contributed by atoms with Crippen LogP contribution < -0.4 is 16.0 Å². The van der Waals surface area contributed by atoms with Gasteiger partial charge in [0.15, 0.2) is 27.4 Å². The fourth-order valence-electron chi connectivity index (χ4n) is 3.25. The maximum atomic E-state index is 13.2. The van der Waals surface area contributed by atoms with Crippen LogP contribution in [0.15, 0.2) is 44.2 Å². The molecule has 0 bridgehead atoms. The number of imidazole rings is 1. The molecule has 0 atom stereocenters. The molecule has 2 heterocycles. The largest absolute Gasteiger partial charge is 0.490 e. The molecule has 0 N–H and O–H groups in total. The number of benzene rings is 1. The van der Waals surface area contributed by atoms with E-state index in [9.17, 15) is 24.5 Å². The van der Waals surface area contributed by atoms with Crippen LogP contribution in [0.2, 0.25) is 0 Å². The lowest BCUT2D eigenvalue weighted by Crippen LogP contribution is -2.41. The average molecular weight is 506 g/mol. The molecule has 3 rings (SSSR count). The molecular formula is C20H20BrN5O6. The van der Waals surface area contributed by atoms with Crippen molar-refractivity contribution in [1.82, 2.24) is 18.7 Å². The maximum Gasteiger partial charge on any atom is 0.332 e. The number of methoxy groups -OCH3 is 1. The number of aromatic nitrogens is 4. The number of nitro benzene ring substituents is 1. The first-order chi connectivity index (χ1) is 15.1. The van der Waals surface area contributed by atoms with E-state index in [0.717, 1.165) is 14.7 Å². The highest BCUT2D eigenvalue weighted by atomic mass is 79.9. The van der Waals surface area contributed by atoms with Gasteiger partial charge in [0.2, 0.25) is 0 Å². The molecule has 11 nitrogen and oxygen atoms in total. The predicted octanol–water partition coefficient (Wildman–Crippen LogP) is 2.43. The van der Waals surface area contributed by atoms with Crippen molar-refractivity contribution in [1.29, 1.82) is 0 Å². The van der Waals surface area contributed by atoms with Gasteiger partial charge in [-0.15, -0.1) is 0 Å². The summed E-state index contributed by atoms with van der Waals surface area (Å²) in [7, 11) is 2.68. The third kappa shape index (κ3) is 4.00. The Morgan fingerprint density at radius 1 is 1.28 bits per heavy atom. The lowest BCUT2D eigenvalue weighted by atomic mass is 10.1.